The number of halogens is 1. The van der Waals surface area contributed by atoms with Crippen LogP contribution in [0.15, 0.2) is 42.6 Å². The van der Waals surface area contributed by atoms with Crippen molar-refractivity contribution in [3.8, 4) is 22.4 Å². The molecule has 0 saturated carbocycles. The van der Waals surface area contributed by atoms with E-state index in [1.165, 1.54) is 22.7 Å². The molecule has 2 N–H and O–H groups in total. The van der Waals surface area contributed by atoms with Gasteiger partial charge in [-0.3, -0.25) is 4.68 Å². The molecule has 0 bridgehead atoms. The molecule has 7 nitrogen and oxygen atoms in total. The van der Waals surface area contributed by atoms with Crippen LogP contribution in [0.4, 0.5) is 10.2 Å². The number of aromatic nitrogens is 3. The second kappa shape index (κ2) is 6.43. The highest BCUT2D eigenvalue weighted by Crippen LogP contribution is 2.37. The Morgan fingerprint density at radius 3 is 2.52 bits per heavy atom. The summed E-state index contributed by atoms with van der Waals surface area (Å²) in [6, 6.07) is 9.60. The predicted octanol–water partition coefficient (Wildman–Crippen LogP) is 2.11. The summed E-state index contributed by atoms with van der Waals surface area (Å²) in [5.41, 5.74) is 9.60. The molecule has 9 heteroatoms. The van der Waals surface area contributed by atoms with E-state index in [0.717, 1.165) is 22.4 Å². The Morgan fingerprint density at radius 1 is 1.11 bits per heavy atom. The molecule has 0 unspecified atom stereocenters. The van der Waals surface area contributed by atoms with Crippen LogP contribution >= 0.6 is 0 Å². The molecule has 0 aliphatic carbocycles. The summed E-state index contributed by atoms with van der Waals surface area (Å²) < 4.78 is 40.7. The molecule has 0 radical (unpaired) electrons. The number of pyridine rings is 1. The lowest BCUT2D eigenvalue weighted by Crippen LogP contribution is -2.37. The molecule has 1 aliphatic rings. The Bertz CT molecular complexity index is 1110. The van der Waals surface area contributed by atoms with E-state index in [0.29, 0.717) is 24.6 Å². The zero-order valence-electron chi connectivity index (χ0n) is 14.6. The first-order valence-electron chi connectivity index (χ1n) is 8.35. The van der Waals surface area contributed by atoms with Gasteiger partial charge in [0.15, 0.2) is 0 Å². The minimum Gasteiger partial charge on any atom is -0.384 e. The first-order chi connectivity index (χ1) is 12.8. The average molecular weight is 387 g/mol. The van der Waals surface area contributed by atoms with Gasteiger partial charge in [0.05, 0.1) is 25.0 Å². The molecule has 3 aromatic rings. The summed E-state index contributed by atoms with van der Waals surface area (Å²) in [7, 11) is -3.33. The van der Waals surface area contributed by atoms with E-state index in [1.54, 1.807) is 30.5 Å². The quantitative estimate of drug-likeness (QED) is 0.743. The zero-order chi connectivity index (χ0) is 19.2. The largest absolute Gasteiger partial charge is 0.384 e. The second-order valence-electron chi connectivity index (χ2n) is 6.47. The van der Waals surface area contributed by atoms with Crippen molar-refractivity contribution >= 4 is 15.8 Å². The molecular formula is C18H18FN5O2S. The van der Waals surface area contributed by atoms with Gasteiger partial charge in [0.2, 0.25) is 10.0 Å². The highest BCUT2D eigenvalue weighted by Gasteiger charge is 2.29. The third kappa shape index (κ3) is 3.31. The Kier molecular flexibility index (Phi) is 4.20. The molecule has 1 aliphatic heterocycles. The molecular weight excluding hydrogens is 369 g/mol. The first-order valence-corrected chi connectivity index (χ1v) is 10.2. The van der Waals surface area contributed by atoms with Crippen molar-refractivity contribution in [2.75, 3.05) is 18.5 Å². The lowest BCUT2D eigenvalue weighted by molar-refractivity contribution is 0.329. The van der Waals surface area contributed by atoms with Crippen molar-refractivity contribution in [2.45, 2.75) is 13.1 Å². The predicted molar refractivity (Wildman–Crippen MR) is 101 cm³/mol. The van der Waals surface area contributed by atoms with Crippen molar-refractivity contribution < 1.29 is 12.8 Å². The number of benzene rings is 1. The maximum atomic E-state index is 13.4. The van der Waals surface area contributed by atoms with E-state index in [4.69, 9.17) is 5.73 Å². The third-order valence-electron chi connectivity index (χ3n) is 4.60. The molecule has 140 valence electrons. The number of hydrogen-bond donors (Lipinski definition) is 1. The number of sulfonamides is 1. The van der Waals surface area contributed by atoms with Gasteiger partial charge in [-0.1, -0.05) is 0 Å². The lowest BCUT2D eigenvalue weighted by atomic mass is 9.99. The molecule has 2 aromatic heterocycles. The van der Waals surface area contributed by atoms with Crippen LogP contribution in [0.25, 0.3) is 22.4 Å². The topological polar surface area (TPSA) is 94.1 Å². The minimum absolute atomic E-state index is 0.213. The fraction of sp³-hybridized carbons (Fsp3) is 0.222. The summed E-state index contributed by atoms with van der Waals surface area (Å²) in [6.45, 7) is 1.01. The van der Waals surface area contributed by atoms with E-state index in [9.17, 15) is 12.8 Å². The van der Waals surface area contributed by atoms with Gasteiger partial charge < -0.3 is 5.73 Å². The van der Waals surface area contributed by atoms with E-state index >= 15 is 0 Å². The first kappa shape index (κ1) is 17.6. The molecule has 0 spiro atoms. The number of rotatable bonds is 3. The molecule has 0 atom stereocenters. The van der Waals surface area contributed by atoms with Gasteiger partial charge in [-0.2, -0.15) is 9.40 Å². The van der Waals surface area contributed by atoms with Crippen molar-refractivity contribution in [3.63, 3.8) is 0 Å². The summed E-state index contributed by atoms with van der Waals surface area (Å²) in [5.74, 6) is 0.0222. The van der Waals surface area contributed by atoms with Gasteiger partial charge >= 0.3 is 0 Å². The normalized spacial score (nSPS) is 14.9. The number of fused-ring (bicyclic) bond motifs is 1. The van der Waals surface area contributed by atoms with Crippen molar-refractivity contribution in [1.29, 1.82) is 0 Å². The number of nitrogen functional groups attached to an aromatic ring is 1. The molecule has 0 saturated heterocycles. The van der Waals surface area contributed by atoms with Crippen molar-refractivity contribution in [3.05, 3.63) is 54.1 Å². The molecule has 1 aromatic carbocycles. The van der Waals surface area contributed by atoms with E-state index in [-0.39, 0.29) is 12.4 Å². The highest BCUT2D eigenvalue weighted by atomic mass is 32.2. The van der Waals surface area contributed by atoms with Crippen LogP contribution in [-0.2, 0) is 23.1 Å². The average Bonchev–Trinajstić information content (AvgIpc) is 3.00. The van der Waals surface area contributed by atoms with Crippen LogP contribution in [-0.4, -0.2) is 40.3 Å². The Hall–Kier alpha value is -2.78. The van der Waals surface area contributed by atoms with E-state index in [1.807, 2.05) is 4.68 Å². The Balaban J connectivity index is 1.93. The maximum absolute atomic E-state index is 13.4. The van der Waals surface area contributed by atoms with Gasteiger partial charge in [-0.25, -0.2) is 17.8 Å². The highest BCUT2D eigenvalue weighted by molar-refractivity contribution is 7.88. The number of anilines is 1. The number of nitrogens with zero attached hydrogens (tertiary/aromatic N) is 4. The van der Waals surface area contributed by atoms with Gasteiger partial charge in [-0.15, -0.1) is 0 Å². The lowest BCUT2D eigenvalue weighted by Gasteiger charge is -2.26. The smallest absolute Gasteiger partial charge is 0.211 e. The zero-order valence-corrected chi connectivity index (χ0v) is 15.4. The molecule has 0 fully saturated rings. The summed E-state index contributed by atoms with van der Waals surface area (Å²) in [5, 5.41) is 4.68. The summed E-state index contributed by atoms with van der Waals surface area (Å²) in [6.07, 6.45) is 2.80. The third-order valence-corrected chi connectivity index (χ3v) is 5.85. The van der Waals surface area contributed by atoms with E-state index < -0.39 is 10.0 Å². The van der Waals surface area contributed by atoms with Crippen LogP contribution < -0.4 is 5.73 Å². The van der Waals surface area contributed by atoms with Crippen molar-refractivity contribution in [2.24, 2.45) is 0 Å². The van der Waals surface area contributed by atoms with Crippen LogP contribution in [0.1, 0.15) is 5.69 Å². The van der Waals surface area contributed by atoms with Crippen molar-refractivity contribution in [1.82, 2.24) is 19.1 Å². The fourth-order valence-electron chi connectivity index (χ4n) is 3.29. The number of hydrogen-bond acceptors (Lipinski definition) is 5. The monoisotopic (exact) mass is 387 g/mol. The van der Waals surface area contributed by atoms with E-state index in [2.05, 4.69) is 10.1 Å². The molecule has 27 heavy (non-hydrogen) atoms. The fourth-order valence-corrected chi connectivity index (χ4v) is 4.06. The SMILES string of the molecule is CS(=O)(=O)N1CCn2nc(-c3ccc(F)cc3)c(-c3ccnc(N)c3)c2C1. The minimum atomic E-state index is -3.33. The second-order valence-corrected chi connectivity index (χ2v) is 8.45. The van der Waals surface area contributed by atoms with Crippen LogP contribution in [0.5, 0.6) is 0 Å². The number of nitrogens with two attached hydrogens (primary N) is 1. The van der Waals surface area contributed by atoms with Crippen LogP contribution in [0, 0.1) is 5.82 Å². The van der Waals surface area contributed by atoms with Crippen LogP contribution in [0.2, 0.25) is 0 Å². The van der Waals surface area contributed by atoms with Gasteiger partial charge in [0.1, 0.15) is 17.3 Å². The van der Waals surface area contributed by atoms with Gasteiger partial charge in [-0.05, 0) is 42.0 Å². The maximum Gasteiger partial charge on any atom is 0.211 e. The summed E-state index contributed by atoms with van der Waals surface area (Å²) in [4.78, 5) is 4.02. The van der Waals surface area contributed by atoms with Gasteiger partial charge in [0, 0.05) is 23.9 Å². The van der Waals surface area contributed by atoms with Crippen LogP contribution in [0.3, 0.4) is 0 Å². The standard InChI is InChI=1S/C18H18FN5O2S/c1-27(25,26)23-8-9-24-15(11-23)17(13-6-7-21-16(20)10-13)18(22-24)12-2-4-14(19)5-3-12/h2-7,10H,8-9,11H2,1H3,(H2,20,21). The van der Waals surface area contributed by atoms with Gasteiger partial charge in [0.25, 0.3) is 0 Å². The summed E-state index contributed by atoms with van der Waals surface area (Å²) >= 11 is 0. The Labute approximate surface area is 156 Å². The Morgan fingerprint density at radius 2 is 1.85 bits per heavy atom. The molecule has 3 heterocycles. The molecule has 4 rings (SSSR count). The molecule has 0 amide bonds.